The Labute approximate surface area is 119 Å². The fourth-order valence-electron chi connectivity index (χ4n) is 3.43. The predicted octanol–water partition coefficient (Wildman–Crippen LogP) is 4.12. The Morgan fingerprint density at radius 2 is 1.63 bits per heavy atom. The number of likely N-dealkylation sites (tertiary alicyclic amines) is 1. The van der Waals surface area contributed by atoms with Gasteiger partial charge >= 0.3 is 0 Å². The fourth-order valence-corrected chi connectivity index (χ4v) is 3.43. The molecule has 0 radical (unpaired) electrons. The maximum Gasteiger partial charge on any atom is 0.0786 e. The third kappa shape index (κ3) is 5.43. The summed E-state index contributed by atoms with van der Waals surface area (Å²) >= 11 is 0. The van der Waals surface area contributed by atoms with E-state index in [-0.39, 0.29) is 5.60 Å². The van der Waals surface area contributed by atoms with Crippen molar-refractivity contribution in [2.75, 3.05) is 13.1 Å². The lowest BCUT2D eigenvalue weighted by Crippen LogP contribution is -2.33. The van der Waals surface area contributed by atoms with E-state index in [0.717, 1.165) is 32.0 Å². The summed E-state index contributed by atoms with van der Waals surface area (Å²) < 4.78 is 0. The summed E-state index contributed by atoms with van der Waals surface area (Å²) in [7, 11) is 0. The first-order valence-electron chi connectivity index (χ1n) is 8.70. The van der Waals surface area contributed by atoms with E-state index in [4.69, 9.17) is 0 Å². The van der Waals surface area contributed by atoms with Crippen molar-refractivity contribution in [1.29, 1.82) is 0 Å². The van der Waals surface area contributed by atoms with Gasteiger partial charge < -0.3 is 5.11 Å². The van der Waals surface area contributed by atoms with Crippen LogP contribution in [0.4, 0.5) is 0 Å². The topological polar surface area (TPSA) is 23.5 Å². The molecule has 2 heteroatoms. The molecule has 2 rings (SSSR count). The minimum atomic E-state index is -0.342. The second kappa shape index (κ2) is 7.64. The quantitative estimate of drug-likeness (QED) is 0.602. The smallest absolute Gasteiger partial charge is 0.0786 e. The number of aliphatic hydroxyl groups is 1. The van der Waals surface area contributed by atoms with Gasteiger partial charge in [0.25, 0.3) is 0 Å². The number of rotatable bonds is 10. The number of hydrogen-bond donors (Lipinski definition) is 1. The molecule has 1 unspecified atom stereocenters. The molecule has 2 nitrogen and oxygen atoms in total. The maximum atomic E-state index is 10.6. The molecule has 1 heterocycles. The van der Waals surface area contributed by atoms with Gasteiger partial charge in [0.2, 0.25) is 0 Å². The molecule has 1 N–H and O–H groups in total. The van der Waals surface area contributed by atoms with Gasteiger partial charge in [-0.05, 0) is 25.7 Å². The van der Waals surface area contributed by atoms with E-state index in [1.165, 1.54) is 64.2 Å². The molecular weight excluding hydrogens is 234 g/mol. The van der Waals surface area contributed by atoms with Gasteiger partial charge in [0, 0.05) is 19.1 Å². The first-order chi connectivity index (χ1) is 9.23. The second-order valence-electron chi connectivity index (χ2n) is 6.90. The highest BCUT2D eigenvalue weighted by atomic mass is 16.3. The van der Waals surface area contributed by atoms with Crippen LogP contribution in [0.15, 0.2) is 0 Å². The molecule has 0 amide bonds. The van der Waals surface area contributed by atoms with E-state index in [1.54, 1.807) is 0 Å². The van der Waals surface area contributed by atoms with Crippen LogP contribution in [-0.4, -0.2) is 34.7 Å². The molecule has 0 bridgehead atoms. The van der Waals surface area contributed by atoms with Gasteiger partial charge in [-0.2, -0.15) is 0 Å². The molecule has 0 aromatic rings. The van der Waals surface area contributed by atoms with Crippen molar-refractivity contribution in [3.63, 3.8) is 0 Å². The molecule has 1 saturated heterocycles. The monoisotopic (exact) mass is 267 g/mol. The highest BCUT2D eigenvalue weighted by Gasteiger charge is 2.41. The summed E-state index contributed by atoms with van der Waals surface area (Å²) in [6.07, 6.45) is 15.7. The molecule has 0 aromatic carbocycles. The lowest BCUT2D eigenvalue weighted by Gasteiger charge is -2.23. The Hall–Kier alpha value is -0.0800. The minimum absolute atomic E-state index is 0.342. The molecule has 2 aliphatic rings. The van der Waals surface area contributed by atoms with E-state index in [2.05, 4.69) is 11.8 Å². The van der Waals surface area contributed by atoms with E-state index in [9.17, 15) is 5.11 Å². The molecule has 0 aromatic heterocycles. The second-order valence-corrected chi connectivity index (χ2v) is 6.90. The Morgan fingerprint density at radius 3 is 2.26 bits per heavy atom. The third-order valence-electron chi connectivity index (χ3n) is 4.92. The first kappa shape index (κ1) is 15.3. The highest BCUT2D eigenvalue weighted by Crippen LogP contribution is 2.35. The van der Waals surface area contributed by atoms with Crippen LogP contribution in [0.5, 0.6) is 0 Å². The molecule has 1 atom stereocenters. The van der Waals surface area contributed by atoms with Crippen LogP contribution in [0.1, 0.15) is 84.0 Å². The molecule has 1 saturated carbocycles. The van der Waals surface area contributed by atoms with Gasteiger partial charge in [0.05, 0.1) is 5.60 Å². The van der Waals surface area contributed by atoms with Gasteiger partial charge in [-0.25, -0.2) is 0 Å². The minimum Gasteiger partial charge on any atom is -0.389 e. The average molecular weight is 267 g/mol. The largest absolute Gasteiger partial charge is 0.389 e. The van der Waals surface area contributed by atoms with Crippen molar-refractivity contribution in [3.8, 4) is 0 Å². The molecule has 19 heavy (non-hydrogen) atoms. The van der Waals surface area contributed by atoms with Crippen molar-refractivity contribution in [2.24, 2.45) is 0 Å². The predicted molar refractivity (Wildman–Crippen MR) is 81.4 cm³/mol. The van der Waals surface area contributed by atoms with Crippen LogP contribution >= 0.6 is 0 Å². The zero-order valence-corrected chi connectivity index (χ0v) is 12.9. The zero-order chi connectivity index (χ0) is 13.6. The highest BCUT2D eigenvalue weighted by molar-refractivity contribution is 4.96. The molecule has 2 fully saturated rings. The standard InChI is InChI=1S/C17H33NO/c1-2-3-4-5-6-7-8-9-12-17(19)13-14-18(15-17)16-10-11-16/h16,19H,2-15H2,1H3. The third-order valence-corrected chi connectivity index (χ3v) is 4.92. The van der Waals surface area contributed by atoms with Crippen molar-refractivity contribution in [1.82, 2.24) is 4.90 Å². The zero-order valence-electron chi connectivity index (χ0n) is 12.9. The van der Waals surface area contributed by atoms with Crippen molar-refractivity contribution in [2.45, 2.75) is 95.6 Å². The summed E-state index contributed by atoms with van der Waals surface area (Å²) in [5.74, 6) is 0. The average Bonchev–Trinajstić information content (AvgIpc) is 3.17. The summed E-state index contributed by atoms with van der Waals surface area (Å²) in [5.41, 5.74) is -0.342. The van der Waals surface area contributed by atoms with E-state index < -0.39 is 0 Å². The summed E-state index contributed by atoms with van der Waals surface area (Å²) in [6, 6.07) is 0.826. The van der Waals surface area contributed by atoms with Gasteiger partial charge in [0.1, 0.15) is 0 Å². The van der Waals surface area contributed by atoms with Gasteiger partial charge in [-0.1, -0.05) is 58.3 Å². The van der Waals surface area contributed by atoms with E-state index in [1.807, 2.05) is 0 Å². The SMILES string of the molecule is CCCCCCCCCCC1(O)CCN(C2CC2)C1. The van der Waals surface area contributed by atoms with Crippen molar-refractivity contribution >= 4 is 0 Å². The Balaban J connectivity index is 1.46. The summed E-state index contributed by atoms with van der Waals surface area (Å²) in [4.78, 5) is 2.52. The Kier molecular flexibility index (Phi) is 6.15. The normalized spacial score (nSPS) is 28.1. The molecule has 0 spiro atoms. The van der Waals surface area contributed by atoms with Crippen molar-refractivity contribution < 1.29 is 5.11 Å². The van der Waals surface area contributed by atoms with E-state index >= 15 is 0 Å². The summed E-state index contributed by atoms with van der Waals surface area (Å²) in [6.45, 7) is 4.36. The lowest BCUT2D eigenvalue weighted by atomic mass is 9.95. The van der Waals surface area contributed by atoms with Crippen LogP contribution in [0.2, 0.25) is 0 Å². The van der Waals surface area contributed by atoms with E-state index in [0.29, 0.717) is 0 Å². The van der Waals surface area contributed by atoms with Crippen LogP contribution < -0.4 is 0 Å². The maximum absolute atomic E-state index is 10.6. The summed E-state index contributed by atoms with van der Waals surface area (Å²) in [5, 5.41) is 10.6. The van der Waals surface area contributed by atoms with Crippen LogP contribution in [0.25, 0.3) is 0 Å². The van der Waals surface area contributed by atoms with Crippen LogP contribution in [0.3, 0.4) is 0 Å². The van der Waals surface area contributed by atoms with Crippen LogP contribution in [0, 0.1) is 0 Å². The van der Waals surface area contributed by atoms with Gasteiger partial charge in [-0.15, -0.1) is 0 Å². The Morgan fingerprint density at radius 1 is 1.00 bits per heavy atom. The number of nitrogens with zero attached hydrogens (tertiary/aromatic N) is 1. The molecule has 112 valence electrons. The Bertz CT molecular complexity index is 252. The van der Waals surface area contributed by atoms with Crippen molar-refractivity contribution in [3.05, 3.63) is 0 Å². The molecular formula is C17H33NO. The number of hydrogen-bond acceptors (Lipinski definition) is 2. The lowest BCUT2D eigenvalue weighted by molar-refractivity contribution is 0.0371. The van der Waals surface area contributed by atoms with Crippen LogP contribution in [-0.2, 0) is 0 Å². The number of unbranched alkanes of at least 4 members (excludes halogenated alkanes) is 7. The first-order valence-corrected chi connectivity index (χ1v) is 8.70. The fraction of sp³-hybridized carbons (Fsp3) is 1.00. The number of β-amino-alcohol motifs (C(OH)–C–C–N with tert-alkyl or cyclic N) is 1. The molecule has 1 aliphatic carbocycles. The van der Waals surface area contributed by atoms with Gasteiger partial charge in [-0.3, -0.25) is 4.90 Å². The van der Waals surface area contributed by atoms with Gasteiger partial charge in [0.15, 0.2) is 0 Å². The molecule has 1 aliphatic heterocycles.